The Labute approximate surface area is 158 Å². The largest absolute Gasteiger partial charge is 0.360 e. The van der Waals surface area contributed by atoms with Crippen LogP contribution in [0.5, 0.6) is 0 Å². The van der Waals surface area contributed by atoms with Crippen molar-refractivity contribution in [2.75, 3.05) is 5.32 Å². The summed E-state index contributed by atoms with van der Waals surface area (Å²) < 4.78 is 1.00. The Morgan fingerprint density at radius 2 is 1.93 bits per heavy atom. The molecule has 3 aromatic heterocycles. The number of aldehydes is 1. The molecule has 0 saturated carbocycles. The van der Waals surface area contributed by atoms with Crippen molar-refractivity contribution in [2.45, 2.75) is 0 Å². The van der Waals surface area contributed by atoms with Gasteiger partial charge in [0.05, 0.1) is 10.2 Å². The van der Waals surface area contributed by atoms with Crippen LogP contribution in [0.1, 0.15) is 10.4 Å². The molecule has 0 aliphatic carbocycles. The number of aromatic amines is 1. The van der Waals surface area contributed by atoms with E-state index in [0.29, 0.717) is 5.56 Å². The predicted molar refractivity (Wildman–Crippen MR) is 110 cm³/mol. The number of nitrogens with one attached hydrogen (secondary N) is 2. The number of rotatable bonds is 4. The normalized spacial score (nSPS) is 11.1. The van der Waals surface area contributed by atoms with E-state index in [9.17, 15) is 4.79 Å². The minimum absolute atomic E-state index is 0.643. The number of thiophene rings is 1. The van der Waals surface area contributed by atoms with Crippen LogP contribution in [0.15, 0.2) is 67.1 Å². The second-order valence-corrected chi connectivity index (χ2v) is 7.21. The van der Waals surface area contributed by atoms with Gasteiger partial charge in [0.15, 0.2) is 12.1 Å². The molecule has 2 aromatic carbocycles. The lowest BCUT2D eigenvalue weighted by molar-refractivity contribution is 0.112. The van der Waals surface area contributed by atoms with Crippen LogP contribution in [0.2, 0.25) is 0 Å². The molecule has 0 spiro atoms. The average Bonchev–Trinajstić information content (AvgIpc) is 3.33. The van der Waals surface area contributed by atoms with Gasteiger partial charge in [-0.2, -0.15) is 0 Å². The number of carbonyl (C=O) groups is 1. The minimum atomic E-state index is 0.643. The molecule has 27 heavy (non-hydrogen) atoms. The molecule has 0 fully saturated rings. The molecule has 0 radical (unpaired) electrons. The fraction of sp³-hybridized carbons (Fsp3) is 0. The number of hydrogen-bond acceptors (Lipinski definition) is 5. The first kappa shape index (κ1) is 15.7. The molecule has 5 aromatic rings. The molecule has 6 heteroatoms. The summed E-state index contributed by atoms with van der Waals surface area (Å²) in [7, 11) is 0. The Balaban J connectivity index is 1.57. The quantitative estimate of drug-likeness (QED) is 0.416. The standard InChI is InChI=1S/C21H14N4OS/c26-11-14-10-22-17-7-6-15(8-16(14)17)25-21-20-18(23-12-24-21)9-19(27-20)13-4-2-1-3-5-13/h1-12,22H,(H,23,24,25). The highest BCUT2D eigenvalue weighted by atomic mass is 32.1. The van der Waals surface area contributed by atoms with Gasteiger partial charge in [-0.05, 0) is 29.8 Å². The second-order valence-electron chi connectivity index (χ2n) is 6.16. The zero-order chi connectivity index (χ0) is 18.2. The first-order valence-electron chi connectivity index (χ1n) is 8.45. The molecule has 5 nitrogen and oxygen atoms in total. The Kier molecular flexibility index (Phi) is 3.69. The molecule has 2 N–H and O–H groups in total. The fourth-order valence-electron chi connectivity index (χ4n) is 3.14. The zero-order valence-electron chi connectivity index (χ0n) is 14.1. The summed E-state index contributed by atoms with van der Waals surface area (Å²) >= 11 is 1.66. The third-order valence-corrected chi connectivity index (χ3v) is 5.65. The summed E-state index contributed by atoms with van der Waals surface area (Å²) in [6.45, 7) is 0. The monoisotopic (exact) mass is 370 g/mol. The van der Waals surface area contributed by atoms with Crippen molar-refractivity contribution in [2.24, 2.45) is 0 Å². The summed E-state index contributed by atoms with van der Waals surface area (Å²) in [5.74, 6) is 0.759. The topological polar surface area (TPSA) is 70.7 Å². The van der Waals surface area contributed by atoms with Gasteiger partial charge in [-0.15, -0.1) is 11.3 Å². The molecule has 3 heterocycles. The van der Waals surface area contributed by atoms with Crippen molar-refractivity contribution in [3.63, 3.8) is 0 Å². The number of nitrogens with zero attached hydrogens (tertiary/aromatic N) is 2. The maximum Gasteiger partial charge on any atom is 0.152 e. The van der Waals surface area contributed by atoms with Crippen LogP contribution in [0, 0.1) is 0 Å². The van der Waals surface area contributed by atoms with Crippen LogP contribution in [-0.2, 0) is 0 Å². The van der Waals surface area contributed by atoms with Gasteiger partial charge in [-0.25, -0.2) is 9.97 Å². The summed E-state index contributed by atoms with van der Waals surface area (Å²) in [5, 5.41) is 4.26. The smallest absolute Gasteiger partial charge is 0.152 e. The highest BCUT2D eigenvalue weighted by molar-refractivity contribution is 7.22. The zero-order valence-corrected chi connectivity index (χ0v) is 15.0. The molecule has 0 unspecified atom stereocenters. The minimum Gasteiger partial charge on any atom is -0.360 e. The average molecular weight is 370 g/mol. The first-order chi connectivity index (χ1) is 13.3. The van der Waals surface area contributed by atoms with Gasteiger partial charge in [0.25, 0.3) is 0 Å². The van der Waals surface area contributed by atoms with E-state index in [-0.39, 0.29) is 0 Å². The van der Waals surface area contributed by atoms with E-state index in [1.54, 1.807) is 23.9 Å². The van der Waals surface area contributed by atoms with Gasteiger partial charge < -0.3 is 10.3 Å². The maximum atomic E-state index is 11.2. The molecule has 0 amide bonds. The molecule has 0 saturated heterocycles. The predicted octanol–water partition coefficient (Wildman–Crippen LogP) is 5.40. The fourth-order valence-corrected chi connectivity index (χ4v) is 4.20. The molecule has 130 valence electrons. The Morgan fingerprint density at radius 3 is 2.78 bits per heavy atom. The van der Waals surface area contributed by atoms with E-state index < -0.39 is 0 Å². The van der Waals surface area contributed by atoms with Crippen molar-refractivity contribution in [1.82, 2.24) is 15.0 Å². The third kappa shape index (κ3) is 2.76. The van der Waals surface area contributed by atoms with Gasteiger partial charge in [-0.1, -0.05) is 30.3 Å². The lowest BCUT2D eigenvalue weighted by Gasteiger charge is -2.06. The number of anilines is 2. The number of carbonyl (C=O) groups excluding carboxylic acids is 1. The molecule has 0 atom stereocenters. The molecular formula is C21H14N4OS. The molecule has 0 bridgehead atoms. The Morgan fingerprint density at radius 1 is 1.04 bits per heavy atom. The molecule has 5 rings (SSSR count). The lowest BCUT2D eigenvalue weighted by Crippen LogP contribution is -1.94. The third-order valence-electron chi connectivity index (χ3n) is 4.47. The SMILES string of the molecule is O=Cc1c[nH]c2ccc(Nc3ncnc4cc(-c5ccccc5)sc34)cc12. The van der Waals surface area contributed by atoms with Gasteiger partial charge in [0.1, 0.15) is 6.33 Å². The van der Waals surface area contributed by atoms with Crippen LogP contribution in [0.25, 0.3) is 31.6 Å². The summed E-state index contributed by atoms with van der Waals surface area (Å²) in [6.07, 6.45) is 4.14. The van der Waals surface area contributed by atoms with Gasteiger partial charge in [-0.3, -0.25) is 4.79 Å². The summed E-state index contributed by atoms with van der Waals surface area (Å²) in [4.78, 5) is 24.3. The van der Waals surface area contributed by atoms with Crippen LogP contribution in [0.3, 0.4) is 0 Å². The second kappa shape index (κ2) is 6.34. The number of benzene rings is 2. The summed E-state index contributed by atoms with van der Waals surface area (Å²) in [5.41, 5.74) is 4.52. The van der Waals surface area contributed by atoms with E-state index >= 15 is 0 Å². The molecular weight excluding hydrogens is 356 g/mol. The summed E-state index contributed by atoms with van der Waals surface area (Å²) in [6, 6.07) is 18.2. The van der Waals surface area contributed by atoms with E-state index in [1.807, 2.05) is 36.4 Å². The van der Waals surface area contributed by atoms with Crippen LogP contribution in [-0.4, -0.2) is 21.2 Å². The van der Waals surface area contributed by atoms with Crippen molar-refractivity contribution in [3.8, 4) is 10.4 Å². The molecule has 0 aliphatic rings. The highest BCUT2D eigenvalue weighted by Gasteiger charge is 2.11. The number of fused-ring (bicyclic) bond motifs is 2. The number of hydrogen-bond donors (Lipinski definition) is 2. The maximum absolute atomic E-state index is 11.2. The van der Waals surface area contributed by atoms with Crippen LogP contribution in [0.4, 0.5) is 11.5 Å². The van der Waals surface area contributed by atoms with Crippen molar-refractivity contribution >= 4 is 50.2 Å². The van der Waals surface area contributed by atoms with E-state index in [0.717, 1.165) is 49.4 Å². The van der Waals surface area contributed by atoms with Gasteiger partial charge in [0.2, 0.25) is 0 Å². The van der Waals surface area contributed by atoms with Crippen molar-refractivity contribution in [1.29, 1.82) is 0 Å². The number of H-pyrrole nitrogens is 1. The van der Waals surface area contributed by atoms with Gasteiger partial charge >= 0.3 is 0 Å². The van der Waals surface area contributed by atoms with Crippen LogP contribution < -0.4 is 5.32 Å². The Hall–Kier alpha value is -3.51. The lowest BCUT2D eigenvalue weighted by atomic mass is 10.1. The highest BCUT2D eigenvalue weighted by Crippen LogP contribution is 2.36. The first-order valence-corrected chi connectivity index (χ1v) is 9.27. The van der Waals surface area contributed by atoms with E-state index in [2.05, 4.69) is 38.5 Å². The Bertz CT molecular complexity index is 1270. The van der Waals surface area contributed by atoms with E-state index in [4.69, 9.17) is 0 Å². The van der Waals surface area contributed by atoms with Crippen molar-refractivity contribution in [3.05, 3.63) is 72.7 Å². The molecule has 0 aliphatic heterocycles. The van der Waals surface area contributed by atoms with Crippen LogP contribution >= 0.6 is 11.3 Å². The van der Waals surface area contributed by atoms with Crippen molar-refractivity contribution < 1.29 is 4.79 Å². The number of aromatic nitrogens is 3. The van der Waals surface area contributed by atoms with Gasteiger partial charge in [0, 0.05) is 33.2 Å². The van der Waals surface area contributed by atoms with E-state index in [1.165, 1.54) is 0 Å².